The highest BCUT2D eigenvalue weighted by atomic mass is 16.5. The van der Waals surface area contributed by atoms with Crippen LogP contribution in [0.15, 0.2) is 0 Å². The predicted octanol–water partition coefficient (Wildman–Crippen LogP) is 1.96. The Labute approximate surface area is 74.9 Å². The Bertz CT molecular complexity index is 134. The second-order valence-electron chi connectivity index (χ2n) is 4.10. The fourth-order valence-corrected chi connectivity index (χ4v) is 1.67. The molecule has 1 saturated heterocycles. The maximum Gasteiger partial charge on any atom is 0.0583 e. The van der Waals surface area contributed by atoms with Crippen LogP contribution in [0.3, 0.4) is 0 Å². The van der Waals surface area contributed by atoms with E-state index >= 15 is 0 Å². The second kappa shape index (κ2) is 4.24. The summed E-state index contributed by atoms with van der Waals surface area (Å²) >= 11 is 0. The summed E-state index contributed by atoms with van der Waals surface area (Å²) < 4.78 is 5.67. The van der Waals surface area contributed by atoms with Crippen LogP contribution in [0.5, 0.6) is 0 Å². The molecule has 1 heterocycles. The molecule has 2 heteroatoms. The van der Waals surface area contributed by atoms with Crippen LogP contribution in [-0.4, -0.2) is 23.4 Å². The van der Waals surface area contributed by atoms with Crippen molar-refractivity contribution in [3.8, 4) is 0 Å². The van der Waals surface area contributed by atoms with Crippen molar-refractivity contribution in [2.24, 2.45) is 5.92 Å². The molecule has 4 unspecified atom stereocenters. The first-order chi connectivity index (χ1) is 5.59. The molecule has 0 aliphatic carbocycles. The molecular weight excluding hydrogens is 152 g/mol. The van der Waals surface area contributed by atoms with Crippen molar-refractivity contribution in [2.45, 2.75) is 58.3 Å². The van der Waals surface area contributed by atoms with Crippen LogP contribution < -0.4 is 0 Å². The zero-order chi connectivity index (χ0) is 9.14. The molecule has 0 aromatic rings. The summed E-state index contributed by atoms with van der Waals surface area (Å²) in [6.45, 7) is 6.05. The third-order valence-corrected chi connectivity index (χ3v) is 2.78. The predicted molar refractivity (Wildman–Crippen MR) is 49.0 cm³/mol. The number of rotatable bonds is 3. The minimum absolute atomic E-state index is 0.204. The van der Waals surface area contributed by atoms with Crippen molar-refractivity contribution >= 4 is 0 Å². The van der Waals surface area contributed by atoms with E-state index in [1.54, 1.807) is 0 Å². The van der Waals surface area contributed by atoms with Gasteiger partial charge in [-0.2, -0.15) is 0 Å². The minimum Gasteiger partial charge on any atom is -0.393 e. The summed E-state index contributed by atoms with van der Waals surface area (Å²) in [6.07, 6.45) is 3.96. The largest absolute Gasteiger partial charge is 0.393 e. The summed E-state index contributed by atoms with van der Waals surface area (Å²) in [5.74, 6) is 0.361. The fraction of sp³-hybridized carbons (Fsp3) is 1.00. The molecule has 2 nitrogen and oxygen atoms in total. The Balaban J connectivity index is 2.23. The Morgan fingerprint density at radius 3 is 2.50 bits per heavy atom. The molecule has 0 aromatic heterocycles. The summed E-state index contributed by atoms with van der Waals surface area (Å²) in [4.78, 5) is 0. The highest BCUT2D eigenvalue weighted by Crippen LogP contribution is 2.25. The molecule has 1 rings (SSSR count). The quantitative estimate of drug-likeness (QED) is 0.705. The Kier molecular flexibility index (Phi) is 3.53. The SMILES string of the molecule is CC1CCC(CC(C)C(C)O)O1. The summed E-state index contributed by atoms with van der Waals surface area (Å²) in [7, 11) is 0. The average Bonchev–Trinajstić information content (AvgIpc) is 2.35. The third kappa shape index (κ3) is 2.76. The van der Waals surface area contributed by atoms with Gasteiger partial charge in [0.2, 0.25) is 0 Å². The molecule has 0 radical (unpaired) electrons. The lowest BCUT2D eigenvalue weighted by Crippen LogP contribution is -2.20. The Hall–Kier alpha value is -0.0800. The van der Waals surface area contributed by atoms with Crippen LogP contribution in [0.2, 0.25) is 0 Å². The van der Waals surface area contributed by atoms with Crippen molar-refractivity contribution in [3.05, 3.63) is 0 Å². The number of hydrogen-bond donors (Lipinski definition) is 1. The molecule has 0 amide bonds. The van der Waals surface area contributed by atoms with Gasteiger partial charge in [-0.25, -0.2) is 0 Å². The number of aliphatic hydroxyl groups is 1. The van der Waals surface area contributed by atoms with Crippen molar-refractivity contribution < 1.29 is 9.84 Å². The van der Waals surface area contributed by atoms with Gasteiger partial charge in [-0.3, -0.25) is 0 Å². The number of hydrogen-bond acceptors (Lipinski definition) is 2. The topological polar surface area (TPSA) is 29.5 Å². The van der Waals surface area contributed by atoms with Gasteiger partial charge in [0.15, 0.2) is 0 Å². The standard InChI is InChI=1S/C10H20O2/c1-7(9(3)11)6-10-5-4-8(2)12-10/h7-11H,4-6H2,1-3H3. The van der Waals surface area contributed by atoms with Gasteiger partial charge in [0, 0.05) is 0 Å². The third-order valence-electron chi connectivity index (χ3n) is 2.78. The van der Waals surface area contributed by atoms with Crippen molar-refractivity contribution in [1.29, 1.82) is 0 Å². The molecule has 1 aliphatic rings. The molecular formula is C10H20O2. The molecule has 1 fully saturated rings. The smallest absolute Gasteiger partial charge is 0.0583 e. The van der Waals surface area contributed by atoms with Crippen molar-refractivity contribution in [1.82, 2.24) is 0 Å². The summed E-state index contributed by atoms with van der Waals surface area (Å²) in [5.41, 5.74) is 0. The molecule has 1 N–H and O–H groups in total. The van der Waals surface area contributed by atoms with E-state index in [-0.39, 0.29) is 6.10 Å². The van der Waals surface area contributed by atoms with Crippen LogP contribution in [0.1, 0.15) is 40.0 Å². The monoisotopic (exact) mass is 172 g/mol. The fourth-order valence-electron chi connectivity index (χ4n) is 1.67. The van der Waals surface area contributed by atoms with E-state index in [1.807, 2.05) is 6.92 Å². The highest BCUT2D eigenvalue weighted by Gasteiger charge is 2.24. The minimum atomic E-state index is -0.204. The van der Waals surface area contributed by atoms with Gasteiger partial charge in [0.25, 0.3) is 0 Å². The van der Waals surface area contributed by atoms with Gasteiger partial charge in [0.1, 0.15) is 0 Å². The normalized spacial score (nSPS) is 35.0. The molecule has 4 atom stereocenters. The van der Waals surface area contributed by atoms with E-state index in [1.165, 1.54) is 6.42 Å². The molecule has 12 heavy (non-hydrogen) atoms. The van der Waals surface area contributed by atoms with E-state index in [0.717, 1.165) is 12.8 Å². The number of ether oxygens (including phenoxy) is 1. The van der Waals surface area contributed by atoms with E-state index in [9.17, 15) is 5.11 Å². The molecule has 0 saturated carbocycles. The molecule has 72 valence electrons. The molecule has 0 bridgehead atoms. The van der Waals surface area contributed by atoms with Crippen LogP contribution in [-0.2, 0) is 4.74 Å². The van der Waals surface area contributed by atoms with Crippen LogP contribution in [0.4, 0.5) is 0 Å². The Morgan fingerprint density at radius 1 is 1.42 bits per heavy atom. The average molecular weight is 172 g/mol. The summed E-state index contributed by atoms with van der Waals surface area (Å²) in [6, 6.07) is 0. The molecule has 1 aliphatic heterocycles. The maximum atomic E-state index is 9.29. The first kappa shape index (κ1) is 10.0. The molecule has 0 spiro atoms. The summed E-state index contributed by atoms with van der Waals surface area (Å²) in [5, 5.41) is 9.29. The van der Waals surface area contributed by atoms with E-state index in [0.29, 0.717) is 18.1 Å². The van der Waals surface area contributed by atoms with Gasteiger partial charge in [0.05, 0.1) is 18.3 Å². The van der Waals surface area contributed by atoms with Gasteiger partial charge in [-0.05, 0) is 39.0 Å². The lowest BCUT2D eigenvalue weighted by atomic mass is 9.97. The zero-order valence-electron chi connectivity index (χ0n) is 8.29. The van der Waals surface area contributed by atoms with Gasteiger partial charge >= 0.3 is 0 Å². The lowest BCUT2D eigenvalue weighted by Gasteiger charge is -2.18. The first-order valence-corrected chi connectivity index (χ1v) is 4.93. The van der Waals surface area contributed by atoms with Crippen molar-refractivity contribution in [2.75, 3.05) is 0 Å². The zero-order valence-corrected chi connectivity index (χ0v) is 8.29. The van der Waals surface area contributed by atoms with Crippen LogP contribution in [0, 0.1) is 5.92 Å². The Morgan fingerprint density at radius 2 is 2.08 bits per heavy atom. The maximum absolute atomic E-state index is 9.29. The lowest BCUT2D eigenvalue weighted by molar-refractivity contribution is 0.0239. The van der Waals surface area contributed by atoms with Gasteiger partial charge in [-0.1, -0.05) is 6.92 Å². The molecule has 0 aromatic carbocycles. The van der Waals surface area contributed by atoms with E-state index in [4.69, 9.17) is 4.74 Å². The van der Waals surface area contributed by atoms with E-state index in [2.05, 4.69) is 13.8 Å². The van der Waals surface area contributed by atoms with Crippen LogP contribution >= 0.6 is 0 Å². The van der Waals surface area contributed by atoms with Gasteiger partial charge in [-0.15, -0.1) is 0 Å². The van der Waals surface area contributed by atoms with Crippen LogP contribution in [0.25, 0.3) is 0 Å². The van der Waals surface area contributed by atoms with E-state index < -0.39 is 0 Å². The highest BCUT2D eigenvalue weighted by molar-refractivity contribution is 4.74. The number of aliphatic hydroxyl groups excluding tert-OH is 1. The van der Waals surface area contributed by atoms with Crippen molar-refractivity contribution in [3.63, 3.8) is 0 Å². The second-order valence-corrected chi connectivity index (χ2v) is 4.10. The van der Waals surface area contributed by atoms with Gasteiger partial charge < -0.3 is 9.84 Å². The first-order valence-electron chi connectivity index (χ1n) is 4.93.